The van der Waals surface area contributed by atoms with E-state index in [1.807, 2.05) is 39.0 Å². The molecule has 7 heteroatoms. The zero-order chi connectivity index (χ0) is 23.3. The van der Waals surface area contributed by atoms with E-state index in [2.05, 4.69) is 5.32 Å². The van der Waals surface area contributed by atoms with Crippen LogP contribution in [-0.4, -0.2) is 34.4 Å². The number of nitrogens with zero attached hydrogens (tertiary/aromatic N) is 2. The Balaban J connectivity index is 1.94. The summed E-state index contributed by atoms with van der Waals surface area (Å²) in [5.41, 5.74) is 0.278. The van der Waals surface area contributed by atoms with E-state index in [0.717, 1.165) is 31.2 Å². The van der Waals surface area contributed by atoms with Crippen molar-refractivity contribution < 1.29 is 9.59 Å². The van der Waals surface area contributed by atoms with Crippen molar-refractivity contribution in [2.24, 2.45) is 5.92 Å². The fourth-order valence-electron chi connectivity index (χ4n) is 4.09. The van der Waals surface area contributed by atoms with Crippen molar-refractivity contribution >= 4 is 23.4 Å². The van der Waals surface area contributed by atoms with Crippen LogP contribution in [0.4, 0.5) is 0 Å². The van der Waals surface area contributed by atoms with Crippen LogP contribution in [0.25, 0.3) is 0 Å². The lowest BCUT2D eigenvalue weighted by atomic mass is 10.1. The number of nitrogens with one attached hydrogen (secondary N) is 1. The quantitative estimate of drug-likeness (QED) is 0.685. The molecule has 32 heavy (non-hydrogen) atoms. The Morgan fingerprint density at radius 1 is 1.00 bits per heavy atom. The molecule has 1 saturated heterocycles. The smallest absolute Gasteiger partial charge is 0.259 e. The van der Waals surface area contributed by atoms with Crippen LogP contribution < -0.4 is 10.7 Å². The van der Waals surface area contributed by atoms with Gasteiger partial charge in [-0.2, -0.15) is 0 Å². The lowest BCUT2D eigenvalue weighted by Gasteiger charge is -2.22. The average molecular weight is 458 g/mol. The van der Waals surface area contributed by atoms with E-state index in [1.54, 1.807) is 27.9 Å². The molecule has 2 amide bonds. The maximum Gasteiger partial charge on any atom is 0.259 e. The highest BCUT2D eigenvalue weighted by atomic mass is 35.5. The molecule has 3 rings (SSSR count). The van der Waals surface area contributed by atoms with Crippen molar-refractivity contribution in [1.29, 1.82) is 0 Å². The summed E-state index contributed by atoms with van der Waals surface area (Å²) in [5.74, 6) is -0.509. The van der Waals surface area contributed by atoms with Gasteiger partial charge >= 0.3 is 0 Å². The maximum atomic E-state index is 13.3. The van der Waals surface area contributed by atoms with Crippen LogP contribution in [0.1, 0.15) is 78.8 Å². The summed E-state index contributed by atoms with van der Waals surface area (Å²) in [6.07, 6.45) is 7.19. The van der Waals surface area contributed by atoms with E-state index < -0.39 is 11.3 Å². The highest BCUT2D eigenvalue weighted by Gasteiger charge is 2.25. The van der Waals surface area contributed by atoms with E-state index in [9.17, 15) is 14.4 Å². The van der Waals surface area contributed by atoms with Crippen LogP contribution in [0.3, 0.4) is 0 Å². The number of aromatic nitrogens is 1. The first-order valence-electron chi connectivity index (χ1n) is 11.4. The largest absolute Gasteiger partial charge is 0.352 e. The number of hydrogen-bond donors (Lipinski definition) is 1. The minimum Gasteiger partial charge on any atom is -0.352 e. The molecule has 2 aromatic rings. The van der Waals surface area contributed by atoms with Gasteiger partial charge in [-0.05, 0) is 37.3 Å². The molecule has 0 aliphatic carbocycles. The highest BCUT2D eigenvalue weighted by molar-refractivity contribution is 6.31. The fraction of sp³-hybridized carbons (Fsp3) is 0.480. The van der Waals surface area contributed by atoms with Gasteiger partial charge in [0.1, 0.15) is 11.1 Å². The summed E-state index contributed by atoms with van der Waals surface area (Å²) in [6, 6.07) is 6.88. The number of carbonyl (C=O) groups excluding carboxylic acids is 2. The lowest BCUT2D eigenvalue weighted by molar-refractivity contribution is 0.0759. The number of pyridine rings is 1. The first-order valence-corrected chi connectivity index (χ1v) is 11.7. The summed E-state index contributed by atoms with van der Waals surface area (Å²) in [5, 5.41) is 3.41. The van der Waals surface area contributed by atoms with Gasteiger partial charge in [0.15, 0.2) is 0 Å². The molecular formula is C25H32ClN3O3. The van der Waals surface area contributed by atoms with Gasteiger partial charge in [0.05, 0.1) is 6.04 Å². The molecule has 0 unspecified atom stereocenters. The maximum absolute atomic E-state index is 13.3. The Morgan fingerprint density at radius 3 is 2.25 bits per heavy atom. The molecule has 1 fully saturated rings. The Morgan fingerprint density at radius 2 is 1.62 bits per heavy atom. The standard InChI is InChI=1S/C25H32ClN3O3/c1-17(2)14-28-15-20(24(31)27-18(3)19-10-6-7-11-22(19)26)23(30)21(16-28)25(32)29-12-8-4-5-9-13-29/h6-7,10-11,15-18H,4-5,8-9,12-14H2,1-3H3,(H,27,31)/t18-/m0/s1. The van der Waals surface area contributed by atoms with Crippen molar-refractivity contribution in [3.05, 3.63) is 68.6 Å². The van der Waals surface area contributed by atoms with Crippen LogP contribution in [0.2, 0.25) is 5.02 Å². The van der Waals surface area contributed by atoms with Crippen LogP contribution in [0.5, 0.6) is 0 Å². The third kappa shape index (κ3) is 5.80. The third-order valence-corrected chi connectivity index (χ3v) is 6.09. The molecule has 0 saturated carbocycles. The van der Waals surface area contributed by atoms with E-state index >= 15 is 0 Å². The zero-order valence-electron chi connectivity index (χ0n) is 19.1. The summed E-state index contributed by atoms with van der Waals surface area (Å²) in [6.45, 7) is 7.80. The van der Waals surface area contributed by atoms with Gasteiger partial charge in [-0.15, -0.1) is 0 Å². The van der Waals surface area contributed by atoms with Gasteiger partial charge in [-0.25, -0.2) is 0 Å². The van der Waals surface area contributed by atoms with Crippen molar-refractivity contribution in [3.63, 3.8) is 0 Å². The summed E-state index contributed by atoms with van der Waals surface area (Å²) in [7, 11) is 0. The second kappa shape index (κ2) is 10.8. The number of halogens is 1. The van der Waals surface area contributed by atoms with Crippen molar-refractivity contribution in [2.45, 2.75) is 59.0 Å². The molecule has 1 N–H and O–H groups in total. The fourth-order valence-corrected chi connectivity index (χ4v) is 4.39. The van der Waals surface area contributed by atoms with Crippen LogP contribution >= 0.6 is 11.6 Å². The number of amides is 2. The number of carbonyl (C=O) groups is 2. The first-order chi connectivity index (χ1) is 15.3. The molecule has 2 heterocycles. The number of likely N-dealkylation sites (tertiary alicyclic amines) is 1. The predicted molar refractivity (Wildman–Crippen MR) is 127 cm³/mol. The van der Waals surface area contributed by atoms with Crippen LogP contribution in [-0.2, 0) is 6.54 Å². The second-order valence-electron chi connectivity index (χ2n) is 8.93. The number of benzene rings is 1. The summed E-state index contributed by atoms with van der Waals surface area (Å²) >= 11 is 6.26. The van der Waals surface area contributed by atoms with Crippen molar-refractivity contribution in [1.82, 2.24) is 14.8 Å². The van der Waals surface area contributed by atoms with Crippen LogP contribution in [0.15, 0.2) is 41.5 Å². The van der Waals surface area contributed by atoms with Gasteiger partial charge in [-0.3, -0.25) is 14.4 Å². The molecule has 1 aliphatic heterocycles. The SMILES string of the molecule is CC(C)Cn1cc(C(=O)N[C@@H](C)c2ccccc2Cl)c(=O)c(C(=O)N2CCCCCC2)c1. The molecule has 1 atom stereocenters. The minimum absolute atomic E-state index is 0.0229. The first kappa shape index (κ1) is 24.1. The zero-order valence-corrected chi connectivity index (χ0v) is 19.8. The van der Waals surface area contributed by atoms with Crippen molar-refractivity contribution in [3.8, 4) is 0 Å². The average Bonchev–Trinajstić information content (AvgIpc) is 3.03. The number of rotatable bonds is 6. The highest BCUT2D eigenvalue weighted by Crippen LogP contribution is 2.22. The van der Waals surface area contributed by atoms with Crippen LogP contribution in [0, 0.1) is 5.92 Å². The molecule has 0 radical (unpaired) electrons. The molecule has 1 aromatic carbocycles. The van der Waals surface area contributed by atoms with Gasteiger partial charge in [0.2, 0.25) is 5.43 Å². The topological polar surface area (TPSA) is 71.4 Å². The molecule has 172 valence electrons. The third-order valence-electron chi connectivity index (χ3n) is 5.74. The Hall–Kier alpha value is -2.60. The van der Waals surface area contributed by atoms with E-state index in [1.165, 1.54) is 0 Å². The van der Waals surface area contributed by atoms with Crippen molar-refractivity contribution in [2.75, 3.05) is 13.1 Å². The molecule has 0 spiro atoms. The van der Waals surface area contributed by atoms with Gasteiger partial charge in [0, 0.05) is 37.1 Å². The van der Waals surface area contributed by atoms with E-state index in [4.69, 9.17) is 11.6 Å². The molecule has 1 aromatic heterocycles. The summed E-state index contributed by atoms with van der Waals surface area (Å²) < 4.78 is 1.78. The van der Waals surface area contributed by atoms with Gasteiger partial charge in [-0.1, -0.05) is 56.5 Å². The van der Waals surface area contributed by atoms with E-state index in [0.29, 0.717) is 24.7 Å². The van der Waals surface area contributed by atoms with Gasteiger partial charge in [0.25, 0.3) is 11.8 Å². The van der Waals surface area contributed by atoms with E-state index in [-0.39, 0.29) is 29.0 Å². The normalized spacial score (nSPS) is 15.3. The molecule has 6 nitrogen and oxygen atoms in total. The number of hydrogen-bond acceptors (Lipinski definition) is 3. The monoisotopic (exact) mass is 457 g/mol. The lowest BCUT2D eigenvalue weighted by Crippen LogP contribution is -2.38. The minimum atomic E-state index is -0.525. The molecule has 0 bridgehead atoms. The Kier molecular flexibility index (Phi) is 8.13. The van der Waals surface area contributed by atoms with Gasteiger partial charge < -0.3 is 14.8 Å². The predicted octanol–water partition coefficient (Wildman–Crippen LogP) is 4.66. The Bertz CT molecular complexity index is 1020. The Labute approximate surface area is 194 Å². The molecular weight excluding hydrogens is 426 g/mol. The summed E-state index contributed by atoms with van der Waals surface area (Å²) in [4.78, 5) is 41.4. The molecule has 1 aliphatic rings. The second-order valence-corrected chi connectivity index (χ2v) is 9.34.